The van der Waals surface area contributed by atoms with Crippen molar-refractivity contribution in [3.8, 4) is 0 Å². The van der Waals surface area contributed by atoms with Crippen molar-refractivity contribution in [2.24, 2.45) is 0 Å². The molecule has 6 aromatic rings. The molecule has 7 rings (SSSR count). The second-order valence-electron chi connectivity index (χ2n) is 14.8. The highest BCUT2D eigenvalue weighted by atomic mass is 32.2. The number of hydrogen-bond acceptors (Lipinski definition) is 20. The highest BCUT2D eigenvalue weighted by Gasteiger charge is 2.36. The number of ether oxygens (including phenoxy) is 2. The molecule has 0 spiro atoms. The molecule has 1 aliphatic carbocycles. The number of carbonyl (C=O) groups excluding carboxylic acids is 4. The van der Waals surface area contributed by atoms with Crippen LogP contribution in [0.2, 0.25) is 0 Å². The first-order valence-corrected chi connectivity index (χ1v) is 24.6. The summed E-state index contributed by atoms with van der Waals surface area (Å²) in [6, 6.07) is 20.8. The molecule has 1 aromatic heterocycles. The molecule has 0 fully saturated rings. The van der Waals surface area contributed by atoms with Gasteiger partial charge in [0.1, 0.15) is 16.1 Å². The Bertz CT molecular complexity index is 3400. The third-order valence-electron chi connectivity index (χ3n) is 10.0. The summed E-state index contributed by atoms with van der Waals surface area (Å²) in [7, 11) is -14.9. The zero-order valence-corrected chi connectivity index (χ0v) is 38.4. The number of ketones is 2. The summed E-state index contributed by atoms with van der Waals surface area (Å²) < 4.78 is 115. The third kappa shape index (κ3) is 11.9. The van der Waals surface area contributed by atoms with Crippen LogP contribution in [0.25, 0.3) is 0 Å². The topological polar surface area (TPSA) is 375 Å². The van der Waals surface area contributed by atoms with Crippen LogP contribution in [0.1, 0.15) is 52.6 Å². The largest absolute Gasteiger partial charge is 0.397 e. The molecule has 70 heavy (non-hydrogen) atoms. The molecule has 5 aromatic carbocycles. The van der Waals surface area contributed by atoms with Crippen molar-refractivity contribution in [1.29, 1.82) is 0 Å². The summed E-state index contributed by atoms with van der Waals surface area (Å²) in [5, 5.41) is 13.8. The van der Waals surface area contributed by atoms with E-state index in [9.17, 15) is 58.1 Å². The Hall–Kier alpha value is -7.76. The Morgan fingerprint density at radius 1 is 0.600 bits per heavy atom. The molecule has 0 saturated heterocycles. The number of aromatic nitrogens is 3. The predicted molar refractivity (Wildman–Crippen MR) is 250 cm³/mol. The van der Waals surface area contributed by atoms with Gasteiger partial charge in [-0.3, -0.25) is 32.8 Å². The van der Waals surface area contributed by atoms with E-state index in [1.807, 2.05) is 0 Å². The molecule has 0 unspecified atom stereocenters. The zero-order chi connectivity index (χ0) is 50.4. The number of nitrogen functional groups attached to an aromatic ring is 1. The molecule has 1 heterocycles. The van der Waals surface area contributed by atoms with Crippen molar-refractivity contribution < 1.29 is 67.6 Å². The number of aldehydes is 1. The minimum atomic E-state index is -5.14. The molecule has 0 atom stereocenters. The third-order valence-corrected chi connectivity index (χ3v) is 12.7. The Kier molecular flexibility index (Phi) is 14.9. The quantitative estimate of drug-likeness (QED) is 0.0213. The number of benzene rings is 5. The zero-order valence-electron chi connectivity index (χ0n) is 35.9. The summed E-state index contributed by atoms with van der Waals surface area (Å²) in [5.41, 5.74) is 4.37. The van der Waals surface area contributed by atoms with Crippen molar-refractivity contribution in [3.05, 3.63) is 130 Å². The number of rotatable bonds is 21. The van der Waals surface area contributed by atoms with E-state index >= 15 is 0 Å². The van der Waals surface area contributed by atoms with E-state index in [0.29, 0.717) is 17.4 Å². The highest BCUT2D eigenvalue weighted by molar-refractivity contribution is 7.86. The maximum Gasteiger partial charge on any atom is 0.296 e. The van der Waals surface area contributed by atoms with Crippen LogP contribution in [0.15, 0.2) is 112 Å². The monoisotopic (exact) mass is 1020 g/mol. The van der Waals surface area contributed by atoms with E-state index < -0.39 is 67.9 Å². The van der Waals surface area contributed by atoms with Gasteiger partial charge in [0.15, 0.2) is 11.6 Å². The molecule has 24 nitrogen and oxygen atoms in total. The normalized spacial score (nSPS) is 12.4. The summed E-state index contributed by atoms with van der Waals surface area (Å²) in [6.07, 6.45) is 0.672. The maximum absolute atomic E-state index is 13.8. The molecule has 10 N–H and O–H groups in total. The van der Waals surface area contributed by atoms with E-state index in [1.165, 1.54) is 66.7 Å². The number of nitrogens with two attached hydrogens (primary N) is 1. The van der Waals surface area contributed by atoms with Crippen LogP contribution in [0.4, 0.5) is 46.3 Å². The van der Waals surface area contributed by atoms with Gasteiger partial charge in [-0.05, 0) is 54.6 Å². The Morgan fingerprint density at radius 2 is 1.20 bits per heavy atom. The number of amides is 1. The van der Waals surface area contributed by atoms with E-state index in [-0.39, 0.29) is 103 Å². The lowest BCUT2D eigenvalue weighted by Gasteiger charge is -2.24. The number of hydrogen-bond donors (Lipinski definition) is 9. The van der Waals surface area contributed by atoms with E-state index in [2.05, 4.69) is 41.5 Å². The highest BCUT2D eigenvalue weighted by Crippen LogP contribution is 2.41. The molecular formula is C43H39N9O15S3. The van der Waals surface area contributed by atoms with Crippen LogP contribution >= 0.6 is 0 Å². The first-order valence-electron chi connectivity index (χ1n) is 20.3. The number of fused-ring (bicyclic) bond motifs is 2. The van der Waals surface area contributed by atoms with Gasteiger partial charge in [-0.1, -0.05) is 42.5 Å². The van der Waals surface area contributed by atoms with Gasteiger partial charge in [0, 0.05) is 46.7 Å². The average molecular weight is 1020 g/mol. The standard InChI is InChI=1S/C43H39N9O15S3/c44-37-34(70(63,64)65)22-32(35-36(37)39(55)30-7-2-1-6-29(30)38(35)54)47-27-12-13-31(33(21-27)69(60,61)62)49-43-51-41(50-42(52-43)48-26-4-3-5-28(20-26)68(57,58)59)46-15-17-67-19-18-66-16-14-45-40(56)25-10-8-24(23-53)9-11-25/h1-13,20-23,47H,14-19,44H2,(H,45,56)(H,57,58,59)(H,60,61,62)(H,63,64,65)(H3,46,48,49,50,51,52). The van der Waals surface area contributed by atoms with E-state index in [0.717, 1.165) is 30.3 Å². The lowest BCUT2D eigenvalue weighted by Crippen LogP contribution is -2.27. The van der Waals surface area contributed by atoms with Crippen molar-refractivity contribution in [1.82, 2.24) is 20.3 Å². The fourth-order valence-electron chi connectivity index (χ4n) is 6.84. The van der Waals surface area contributed by atoms with Crippen LogP contribution in [-0.4, -0.2) is 117 Å². The smallest absolute Gasteiger partial charge is 0.296 e. The van der Waals surface area contributed by atoms with Crippen LogP contribution < -0.4 is 32.3 Å². The molecule has 0 radical (unpaired) electrons. The summed E-state index contributed by atoms with van der Waals surface area (Å²) in [5.74, 6) is -2.62. The lowest BCUT2D eigenvalue weighted by molar-refractivity contribution is 0.0519. The summed E-state index contributed by atoms with van der Waals surface area (Å²) >= 11 is 0. The molecule has 364 valence electrons. The summed E-state index contributed by atoms with van der Waals surface area (Å²) in [6.45, 7) is 0.888. The van der Waals surface area contributed by atoms with Gasteiger partial charge in [0.25, 0.3) is 36.3 Å². The molecule has 0 bridgehead atoms. The number of nitrogens with one attached hydrogen (secondary N) is 5. The molecule has 0 aliphatic heterocycles. The molecular weight excluding hydrogens is 979 g/mol. The first kappa shape index (κ1) is 50.1. The van der Waals surface area contributed by atoms with Crippen LogP contribution in [0.3, 0.4) is 0 Å². The minimum absolute atomic E-state index is 0.0400. The number of anilines is 8. The molecule has 0 saturated carbocycles. The van der Waals surface area contributed by atoms with Gasteiger partial charge in [-0.25, -0.2) is 0 Å². The minimum Gasteiger partial charge on any atom is -0.397 e. The van der Waals surface area contributed by atoms with Gasteiger partial charge < -0.3 is 41.8 Å². The molecule has 27 heteroatoms. The lowest BCUT2D eigenvalue weighted by atomic mass is 9.82. The average Bonchev–Trinajstić information content (AvgIpc) is 3.31. The predicted octanol–water partition coefficient (Wildman–Crippen LogP) is 3.89. The van der Waals surface area contributed by atoms with E-state index in [4.69, 9.17) is 15.2 Å². The fourth-order valence-corrected chi connectivity index (χ4v) is 8.68. The Labute approximate surface area is 398 Å². The first-order chi connectivity index (χ1) is 33.2. The van der Waals surface area contributed by atoms with Crippen molar-refractivity contribution in [2.75, 3.05) is 66.5 Å². The van der Waals surface area contributed by atoms with Gasteiger partial charge >= 0.3 is 0 Å². The van der Waals surface area contributed by atoms with Gasteiger partial charge in [0.05, 0.1) is 59.5 Å². The summed E-state index contributed by atoms with van der Waals surface area (Å²) in [4.78, 5) is 61.1. The fraction of sp³-hybridized carbons (Fsp3) is 0.140. The van der Waals surface area contributed by atoms with Gasteiger partial charge in [0.2, 0.25) is 17.8 Å². The molecule has 1 aliphatic rings. The van der Waals surface area contributed by atoms with Crippen molar-refractivity contribution in [2.45, 2.75) is 14.7 Å². The Balaban J connectivity index is 1.08. The van der Waals surface area contributed by atoms with Crippen LogP contribution in [-0.2, 0) is 39.8 Å². The van der Waals surface area contributed by atoms with Gasteiger partial charge in [-0.2, -0.15) is 40.2 Å². The van der Waals surface area contributed by atoms with Crippen LogP contribution in [0, 0.1) is 0 Å². The maximum atomic E-state index is 13.8. The second-order valence-corrected chi connectivity index (χ2v) is 19.0. The molecule has 1 amide bonds. The SMILES string of the molecule is Nc1c(S(=O)(=O)O)cc(Nc2ccc(Nc3nc(NCCOCCOCCNC(=O)c4ccc(C=O)cc4)nc(Nc4cccc(S(=O)(=O)O)c4)n3)c(S(=O)(=O)O)c2)c2c1C(=O)c1ccccc1C2=O. The van der Waals surface area contributed by atoms with Gasteiger partial charge in [-0.15, -0.1) is 0 Å². The number of nitrogens with zero attached hydrogens (tertiary/aromatic N) is 3. The number of carbonyl (C=O) groups is 4. The second kappa shape index (κ2) is 20.9. The Morgan fingerprint density at radius 3 is 1.83 bits per heavy atom. The van der Waals surface area contributed by atoms with E-state index in [1.54, 1.807) is 0 Å². The van der Waals surface area contributed by atoms with Crippen LogP contribution in [0.5, 0.6) is 0 Å². The van der Waals surface area contributed by atoms with Crippen molar-refractivity contribution in [3.63, 3.8) is 0 Å². The van der Waals surface area contributed by atoms with Crippen molar-refractivity contribution >= 4 is 100 Å².